The van der Waals surface area contributed by atoms with Gasteiger partial charge < -0.3 is 15.8 Å². The zero-order valence-electron chi connectivity index (χ0n) is 11.5. The maximum Gasteiger partial charge on any atom is 0.338 e. The van der Waals surface area contributed by atoms with Gasteiger partial charge in [-0.15, -0.1) is 0 Å². The number of nitrogens with one attached hydrogen (secondary N) is 2. The summed E-state index contributed by atoms with van der Waals surface area (Å²) < 4.78 is 29.6. The second-order valence-corrected chi connectivity index (χ2v) is 6.02. The van der Waals surface area contributed by atoms with E-state index >= 15 is 0 Å². The summed E-state index contributed by atoms with van der Waals surface area (Å²) in [5, 5.41) is 2.91. The Labute approximate surface area is 118 Å². The highest BCUT2D eigenvalue weighted by Crippen LogP contribution is 2.20. The standard InChI is InChI=1S/C12H19N3O4S/c1-3-19-12(16)9-4-5-11(10(13)8-9)15-6-7-20(17,18)14-2/h4-5,8,14-15H,3,6-7,13H2,1-2H3. The zero-order chi connectivity index (χ0) is 15.2. The van der Waals surface area contributed by atoms with Crippen molar-refractivity contribution in [2.45, 2.75) is 6.92 Å². The highest BCUT2D eigenvalue weighted by Gasteiger charge is 2.10. The van der Waals surface area contributed by atoms with Gasteiger partial charge in [0.05, 0.1) is 29.3 Å². The third-order valence-corrected chi connectivity index (χ3v) is 3.92. The second kappa shape index (κ2) is 7.11. The quantitative estimate of drug-likeness (QED) is 0.497. The zero-order valence-corrected chi connectivity index (χ0v) is 12.3. The van der Waals surface area contributed by atoms with Crippen molar-refractivity contribution in [2.24, 2.45) is 0 Å². The van der Waals surface area contributed by atoms with Gasteiger partial charge in [-0.05, 0) is 32.2 Å². The van der Waals surface area contributed by atoms with Crippen LogP contribution in [-0.2, 0) is 14.8 Å². The van der Waals surface area contributed by atoms with Crippen LogP contribution in [-0.4, -0.2) is 40.3 Å². The number of benzene rings is 1. The third-order valence-electron chi connectivity index (χ3n) is 2.56. The molecule has 0 bridgehead atoms. The van der Waals surface area contributed by atoms with E-state index in [0.29, 0.717) is 23.5 Å². The Morgan fingerprint density at radius 1 is 1.40 bits per heavy atom. The molecule has 0 aliphatic heterocycles. The summed E-state index contributed by atoms with van der Waals surface area (Å²) in [6.07, 6.45) is 0. The number of ether oxygens (including phenoxy) is 1. The van der Waals surface area contributed by atoms with Gasteiger partial charge >= 0.3 is 5.97 Å². The number of esters is 1. The molecule has 8 heteroatoms. The molecule has 0 heterocycles. The minimum Gasteiger partial charge on any atom is -0.462 e. The molecule has 0 atom stereocenters. The van der Waals surface area contributed by atoms with E-state index in [-0.39, 0.29) is 12.3 Å². The number of sulfonamides is 1. The summed E-state index contributed by atoms with van der Waals surface area (Å²) in [5.74, 6) is -0.508. The first-order valence-electron chi connectivity index (χ1n) is 6.11. The van der Waals surface area contributed by atoms with Gasteiger partial charge in [-0.1, -0.05) is 0 Å². The number of carbonyl (C=O) groups excluding carboxylic acids is 1. The van der Waals surface area contributed by atoms with Gasteiger partial charge in [0.2, 0.25) is 10.0 Å². The van der Waals surface area contributed by atoms with E-state index < -0.39 is 16.0 Å². The van der Waals surface area contributed by atoms with E-state index in [2.05, 4.69) is 10.0 Å². The normalized spacial score (nSPS) is 11.1. The first kappa shape index (κ1) is 16.3. The summed E-state index contributed by atoms with van der Waals surface area (Å²) in [6, 6.07) is 4.68. The molecule has 0 fully saturated rings. The van der Waals surface area contributed by atoms with Crippen LogP contribution in [0, 0.1) is 0 Å². The van der Waals surface area contributed by atoms with Gasteiger partial charge in [-0.2, -0.15) is 0 Å². The lowest BCUT2D eigenvalue weighted by molar-refractivity contribution is 0.0526. The number of nitrogen functional groups attached to an aromatic ring is 1. The largest absolute Gasteiger partial charge is 0.462 e. The molecule has 1 aromatic carbocycles. The van der Waals surface area contributed by atoms with Gasteiger partial charge in [0.1, 0.15) is 0 Å². The van der Waals surface area contributed by atoms with Crippen LogP contribution >= 0.6 is 0 Å². The fourth-order valence-corrected chi connectivity index (χ4v) is 2.06. The van der Waals surface area contributed by atoms with Crippen molar-refractivity contribution in [2.75, 3.05) is 37.0 Å². The molecule has 112 valence electrons. The van der Waals surface area contributed by atoms with E-state index in [1.54, 1.807) is 19.1 Å². The molecule has 0 aliphatic carbocycles. The van der Waals surface area contributed by atoms with Gasteiger partial charge in [-0.25, -0.2) is 17.9 Å². The van der Waals surface area contributed by atoms with Crippen molar-refractivity contribution >= 4 is 27.4 Å². The van der Waals surface area contributed by atoms with E-state index in [1.165, 1.54) is 13.1 Å². The highest BCUT2D eigenvalue weighted by atomic mass is 32.2. The average Bonchev–Trinajstić information content (AvgIpc) is 2.40. The van der Waals surface area contributed by atoms with Crippen LogP contribution in [0.25, 0.3) is 0 Å². The predicted molar refractivity (Wildman–Crippen MR) is 78.1 cm³/mol. The highest BCUT2D eigenvalue weighted by molar-refractivity contribution is 7.89. The molecule has 0 radical (unpaired) electrons. The second-order valence-electron chi connectivity index (χ2n) is 3.97. The Morgan fingerprint density at radius 3 is 2.65 bits per heavy atom. The van der Waals surface area contributed by atoms with Crippen molar-refractivity contribution in [3.05, 3.63) is 23.8 Å². The number of nitrogens with two attached hydrogens (primary N) is 1. The third kappa shape index (κ3) is 4.71. The van der Waals surface area contributed by atoms with Gasteiger partial charge in [0.25, 0.3) is 0 Å². The molecule has 0 saturated carbocycles. The molecule has 0 aliphatic rings. The maximum atomic E-state index is 11.5. The Hall–Kier alpha value is -1.80. The van der Waals surface area contributed by atoms with Gasteiger partial charge in [0.15, 0.2) is 0 Å². The minimum atomic E-state index is -3.26. The maximum absolute atomic E-state index is 11.5. The van der Waals surface area contributed by atoms with Crippen LogP contribution in [0.1, 0.15) is 17.3 Å². The van der Waals surface area contributed by atoms with Crippen LogP contribution in [0.4, 0.5) is 11.4 Å². The molecular formula is C12H19N3O4S. The topological polar surface area (TPSA) is 111 Å². The lowest BCUT2D eigenvalue weighted by Crippen LogP contribution is -2.26. The monoisotopic (exact) mass is 301 g/mol. The Bertz CT molecular complexity index is 572. The van der Waals surface area contributed by atoms with Crippen LogP contribution in [0.15, 0.2) is 18.2 Å². The number of anilines is 2. The molecule has 0 amide bonds. The van der Waals surface area contributed by atoms with E-state index in [1.807, 2.05) is 0 Å². The molecule has 0 unspecified atom stereocenters. The molecule has 0 saturated heterocycles. The van der Waals surface area contributed by atoms with Crippen molar-refractivity contribution in [3.63, 3.8) is 0 Å². The van der Waals surface area contributed by atoms with Crippen molar-refractivity contribution in [1.82, 2.24) is 4.72 Å². The molecule has 0 spiro atoms. The first-order valence-corrected chi connectivity index (χ1v) is 7.76. The van der Waals surface area contributed by atoms with Crippen LogP contribution < -0.4 is 15.8 Å². The predicted octanol–water partition coefficient (Wildman–Crippen LogP) is 0.407. The van der Waals surface area contributed by atoms with Gasteiger partial charge in [0, 0.05) is 6.54 Å². The summed E-state index contributed by atoms with van der Waals surface area (Å²) in [6.45, 7) is 2.23. The van der Waals surface area contributed by atoms with Crippen molar-refractivity contribution in [1.29, 1.82) is 0 Å². The minimum absolute atomic E-state index is 0.0669. The molecule has 1 aromatic rings. The smallest absolute Gasteiger partial charge is 0.338 e. The van der Waals surface area contributed by atoms with E-state index in [4.69, 9.17) is 10.5 Å². The molecule has 20 heavy (non-hydrogen) atoms. The van der Waals surface area contributed by atoms with Crippen LogP contribution in [0.3, 0.4) is 0 Å². The summed E-state index contributed by atoms with van der Waals surface area (Å²) in [7, 11) is -1.90. The van der Waals surface area contributed by atoms with Crippen LogP contribution in [0.2, 0.25) is 0 Å². The lowest BCUT2D eigenvalue weighted by Gasteiger charge is -2.10. The molecule has 0 aromatic heterocycles. The first-order chi connectivity index (χ1) is 9.39. The Balaban J connectivity index is 2.67. The van der Waals surface area contributed by atoms with Crippen LogP contribution in [0.5, 0.6) is 0 Å². The number of carbonyl (C=O) groups is 1. The summed E-state index contributed by atoms with van der Waals surface area (Å²) in [5.41, 5.74) is 7.09. The number of hydrogen-bond donors (Lipinski definition) is 3. The van der Waals surface area contributed by atoms with Gasteiger partial charge in [-0.3, -0.25) is 0 Å². The summed E-state index contributed by atoms with van der Waals surface area (Å²) in [4.78, 5) is 11.5. The molecule has 4 N–H and O–H groups in total. The Morgan fingerprint density at radius 2 is 2.10 bits per heavy atom. The average molecular weight is 301 g/mol. The van der Waals surface area contributed by atoms with E-state index in [0.717, 1.165) is 0 Å². The van der Waals surface area contributed by atoms with Crippen molar-refractivity contribution in [3.8, 4) is 0 Å². The number of rotatable bonds is 7. The fraction of sp³-hybridized carbons (Fsp3) is 0.417. The number of hydrogen-bond acceptors (Lipinski definition) is 6. The SMILES string of the molecule is CCOC(=O)c1ccc(NCCS(=O)(=O)NC)c(N)c1. The molecular weight excluding hydrogens is 282 g/mol. The molecule has 1 rings (SSSR count). The Kier molecular flexibility index (Phi) is 5.78. The lowest BCUT2D eigenvalue weighted by atomic mass is 10.1. The summed E-state index contributed by atoms with van der Waals surface area (Å²) >= 11 is 0. The molecule has 7 nitrogen and oxygen atoms in total. The fourth-order valence-electron chi connectivity index (χ4n) is 1.49. The van der Waals surface area contributed by atoms with E-state index in [9.17, 15) is 13.2 Å². The van der Waals surface area contributed by atoms with Crippen molar-refractivity contribution < 1.29 is 17.9 Å².